The molecule has 8 saturated carbocycles. The van der Waals surface area contributed by atoms with Crippen LogP contribution in [0, 0.1) is 23.7 Å². The molecule has 762 valence electrons. The molecule has 0 atom stereocenters. The number of benzene rings is 4. The van der Waals surface area contributed by atoms with E-state index in [1.54, 1.807) is 15.7 Å². The number of aliphatic hydroxyl groups excluding tert-OH is 4. The van der Waals surface area contributed by atoms with E-state index >= 15 is 0 Å². The molecule has 8 aromatic heterocycles. The molecule has 12 heterocycles. The van der Waals surface area contributed by atoms with Crippen molar-refractivity contribution >= 4 is 134 Å². The Morgan fingerprint density at radius 2 is 0.636 bits per heavy atom. The maximum atomic E-state index is 14.0. The minimum absolute atomic E-state index is 0.0258. The van der Waals surface area contributed by atoms with Crippen LogP contribution in [0.4, 0.5) is 57.1 Å². The van der Waals surface area contributed by atoms with Gasteiger partial charge in [0.15, 0.2) is 0 Å². The second-order valence-corrected chi connectivity index (χ2v) is 43.5. The van der Waals surface area contributed by atoms with Crippen molar-refractivity contribution in [2.24, 2.45) is 23.7 Å². The molecule has 12 aromatic rings. The number of rotatable bonds is 25. The van der Waals surface area contributed by atoms with Crippen LogP contribution in [0.1, 0.15) is 189 Å². The summed E-state index contributed by atoms with van der Waals surface area (Å²) in [5.41, 5.74) is 6.63. The van der Waals surface area contributed by atoms with Crippen LogP contribution in [0.5, 0.6) is 0 Å². The molecule has 9 N–H and O–H groups in total. The number of thioether (sulfide) groups is 1. The average molecular weight is 1990 g/mol. The highest BCUT2D eigenvalue weighted by molar-refractivity contribution is 7.99. The van der Waals surface area contributed by atoms with Gasteiger partial charge in [0.2, 0.25) is 23.8 Å². The summed E-state index contributed by atoms with van der Waals surface area (Å²) in [4.78, 5) is 106. The molecule has 31 nitrogen and oxygen atoms in total. The van der Waals surface area contributed by atoms with E-state index < -0.39 is 19.1 Å². The van der Waals surface area contributed by atoms with Gasteiger partial charge in [0.1, 0.15) is 22.6 Å². The number of piperazine rings is 3. The first-order valence-electron chi connectivity index (χ1n) is 52.6. The van der Waals surface area contributed by atoms with Gasteiger partial charge in [-0.1, -0.05) is 36.4 Å². The zero-order valence-electron chi connectivity index (χ0n) is 81.5. The lowest BCUT2D eigenvalue weighted by atomic mass is 9.92. The quantitative estimate of drug-likeness (QED) is 0.0190. The summed E-state index contributed by atoms with van der Waals surface area (Å²) in [7, 11) is 0. The number of nitrogens with zero attached hydrogens (tertiary/aromatic N) is 18. The van der Waals surface area contributed by atoms with Crippen LogP contribution in [-0.2, 0) is 13.1 Å². The maximum absolute atomic E-state index is 14.0. The fourth-order valence-electron chi connectivity index (χ4n) is 22.5. The highest BCUT2D eigenvalue weighted by atomic mass is 32.2. The number of anilines is 6. The Bertz CT molecular complexity index is 6610. The molecule has 143 heavy (non-hydrogen) atoms. The molecule has 4 aromatic carbocycles. The van der Waals surface area contributed by atoms with Crippen LogP contribution in [0.25, 0.3) is 87.2 Å². The zero-order valence-corrected chi connectivity index (χ0v) is 82.3. The van der Waals surface area contributed by atoms with Gasteiger partial charge in [0.25, 0.3) is 28.7 Å². The normalized spacial score (nSPS) is 23.7. The summed E-state index contributed by atoms with van der Waals surface area (Å²) in [5.74, 6) is 7.36. The largest absolute Gasteiger partial charge is 0.401 e. The highest BCUT2D eigenvalue weighted by Gasteiger charge is 2.37. The molecule has 0 unspecified atom stereocenters. The molecular weight excluding hydrogens is 1850 g/mol. The van der Waals surface area contributed by atoms with Crippen LogP contribution >= 0.6 is 11.8 Å². The molecule has 12 aliphatic rings. The molecule has 12 fully saturated rings. The first-order valence-corrected chi connectivity index (χ1v) is 53.8. The third-order valence-electron chi connectivity index (χ3n) is 31.6. The Morgan fingerprint density at radius 3 is 0.937 bits per heavy atom. The molecule has 0 radical (unpaired) electrons. The lowest BCUT2D eigenvalue weighted by Gasteiger charge is -2.36. The number of nitrogens with one attached hydrogen (secondary N) is 5. The van der Waals surface area contributed by atoms with Crippen LogP contribution < -0.4 is 58.6 Å². The topological polar surface area (TPSA) is 352 Å². The fourth-order valence-corrected chi connectivity index (χ4v) is 23.5. The van der Waals surface area contributed by atoms with Crippen molar-refractivity contribution in [3.63, 3.8) is 0 Å². The molecule has 4 saturated heterocycles. The molecule has 0 amide bonds. The van der Waals surface area contributed by atoms with E-state index in [1.165, 1.54) is 78.9 Å². The second kappa shape index (κ2) is 43.7. The zero-order chi connectivity index (χ0) is 98.1. The summed E-state index contributed by atoms with van der Waals surface area (Å²) in [5, 5.41) is 66.7. The monoisotopic (exact) mass is 1980 g/mol. The van der Waals surface area contributed by atoms with Gasteiger partial charge in [0.05, 0.1) is 48.3 Å². The van der Waals surface area contributed by atoms with Gasteiger partial charge in [0, 0.05) is 235 Å². The molecule has 0 spiro atoms. The van der Waals surface area contributed by atoms with E-state index in [0.29, 0.717) is 166 Å². The van der Waals surface area contributed by atoms with Crippen molar-refractivity contribution < 1.29 is 42.4 Å². The van der Waals surface area contributed by atoms with Gasteiger partial charge in [-0.25, -0.2) is 28.7 Å². The molecule has 37 heteroatoms. The van der Waals surface area contributed by atoms with Crippen molar-refractivity contribution in [1.82, 2.24) is 83.1 Å². The van der Waals surface area contributed by atoms with Crippen molar-refractivity contribution in [1.29, 1.82) is 0 Å². The average Bonchev–Trinajstić information content (AvgIpc) is 1.26. The Labute approximate surface area is 830 Å². The summed E-state index contributed by atoms with van der Waals surface area (Å²) < 4.78 is 71.4. The third kappa shape index (κ3) is 23.5. The lowest BCUT2D eigenvalue weighted by Crippen LogP contribution is -2.49. The number of halogens is 5. The Morgan fingerprint density at radius 1 is 0.343 bits per heavy atom. The predicted molar refractivity (Wildman–Crippen MR) is 554 cm³/mol. The van der Waals surface area contributed by atoms with E-state index in [-0.39, 0.29) is 77.4 Å². The maximum Gasteiger partial charge on any atom is 0.401 e. The van der Waals surface area contributed by atoms with Gasteiger partial charge >= 0.3 is 6.18 Å². The number of aliphatic hydroxyl groups is 4. The van der Waals surface area contributed by atoms with E-state index in [1.807, 2.05) is 85.4 Å². The molecular formula is C106H134F5N23O8S. The van der Waals surface area contributed by atoms with E-state index in [2.05, 4.69) is 97.6 Å². The SMILES string of the molecule is O=c1c2cc(CN3CCNCC3)ccc2c2cnc(NCC3CC3)nc2n1C1CCC(O)CC1.O=c1c2cc(CN3CCSCC3)ccc2c2cnc(NCC3CC3)nc2n1C1CCC(O)CC1.O=c1c2cc(N3CCN(CC(F)(F)F)CC3)ccc2c2cnc(NCC3CC3)nc2n1C1CCC(O)CC1.O=c1c2cc(N3CCN(CC(F)F)CC3)ccc2c2cnc(NCC3CC3)nc2n1C1CCC(O)CC1. The van der Waals surface area contributed by atoms with E-state index in [9.17, 15) is 61.6 Å². The van der Waals surface area contributed by atoms with Gasteiger partial charge in [-0.05, 0) is 247 Å². The number of hydrogen-bond donors (Lipinski definition) is 9. The van der Waals surface area contributed by atoms with E-state index in [0.717, 1.165) is 214 Å². The molecule has 24 rings (SSSR count). The van der Waals surface area contributed by atoms with Crippen LogP contribution in [0.15, 0.2) is 117 Å². The first-order chi connectivity index (χ1) is 69.5. The minimum atomic E-state index is -4.21. The first kappa shape index (κ1) is 98.5. The van der Waals surface area contributed by atoms with Crippen LogP contribution in [0.2, 0.25) is 0 Å². The fraction of sp³-hybridized carbons (Fsp3) is 0.585. The third-order valence-corrected chi connectivity index (χ3v) is 32.6. The Hall–Kier alpha value is -10.5. The van der Waals surface area contributed by atoms with Crippen molar-refractivity contribution in [3.05, 3.63) is 150 Å². The molecule has 0 bridgehead atoms. The minimum Gasteiger partial charge on any atom is -0.393 e. The lowest BCUT2D eigenvalue weighted by molar-refractivity contribution is -0.146. The Kier molecular flexibility index (Phi) is 30.1. The molecule has 8 aliphatic carbocycles. The van der Waals surface area contributed by atoms with Gasteiger partial charge in [-0.3, -0.25) is 57.0 Å². The summed E-state index contributed by atoms with van der Waals surface area (Å²) in [6, 6.07) is 24.2. The van der Waals surface area contributed by atoms with Gasteiger partial charge < -0.3 is 56.8 Å². The van der Waals surface area contributed by atoms with Crippen LogP contribution in [-0.4, -0.2) is 278 Å². The number of pyridine rings is 4. The van der Waals surface area contributed by atoms with Crippen LogP contribution in [0.3, 0.4) is 0 Å². The van der Waals surface area contributed by atoms with Gasteiger partial charge in [-0.15, -0.1) is 0 Å². The number of alkyl halides is 5. The second-order valence-electron chi connectivity index (χ2n) is 42.3. The smallest absolute Gasteiger partial charge is 0.393 e. The summed E-state index contributed by atoms with van der Waals surface area (Å²) >= 11 is 2.01. The van der Waals surface area contributed by atoms with Crippen molar-refractivity contribution in [3.8, 4) is 0 Å². The number of hydrogen-bond acceptors (Lipinski definition) is 28. The predicted octanol–water partition coefficient (Wildman–Crippen LogP) is 14.0. The van der Waals surface area contributed by atoms with E-state index in [4.69, 9.17) is 19.9 Å². The van der Waals surface area contributed by atoms with Crippen molar-refractivity contribution in [2.45, 2.75) is 228 Å². The molecule has 4 aliphatic heterocycles. The number of fused-ring (bicyclic) bond motifs is 12. The summed E-state index contributed by atoms with van der Waals surface area (Å²) in [6.45, 7) is 14.3. The summed E-state index contributed by atoms with van der Waals surface area (Å²) in [6.07, 6.45) is 21.0. The Balaban J connectivity index is 0.000000113. The van der Waals surface area contributed by atoms with Gasteiger partial charge in [-0.2, -0.15) is 44.9 Å². The van der Waals surface area contributed by atoms with Crippen molar-refractivity contribution in [2.75, 3.05) is 173 Å². The standard InChI is InChI=1S/C27H33F3N6O2.C27H34F2N6O2.C26H34N6O2.C26H33N5O2S/c28-27(29,30)16-34-9-11-35(12-10-34)19-5-8-21-22(13-19)25(38)36(18-3-6-20(37)7-4-18)24-23(21)15-32-26(33-24)31-14-17-1-2-17;28-24(29)16-33-9-11-34(12-10-33)19-5-8-21-22(13-19)26(37)35(18-3-6-20(36)7-4-18)25-23(21)15-31-27(32-25)30-14-17-1-2-17;33-20-6-4-19(5-7-20)32-24-23(15-29-26(30-24)28-14-17-1-2-17)21-8-3-18(13-22(21)25(32)34)16-31-11-9-27-10-12-31;32-20-6-4-19(5-7-20)31-24-23(15-28-26(29-24)27-14-17-1-2-17)21-8-3-18(13-22(21)25(31)33)16-30-9-11-34-12-10-30/h5,8,13,15,17-18,20,37H,1-4,6-7,9-12,14,16H2,(H,31,32,33);5,8,13,15,17-18,20,24,36H,1-4,6-7,9-12,14,16H2,(H,30,31,32);3,8,13,15,17,19-20,27,33H,1-2,4-7,9-12,14,16H2,(H,28,29,30);3,8,13,15,17,19-20,32H,1-2,4-7,9-12,14,16H2,(H,27,28,29). The highest BCUT2D eigenvalue weighted by Crippen LogP contribution is 2.42. The number of aromatic nitrogens is 12.